The first-order valence-corrected chi connectivity index (χ1v) is 7.56. The minimum Gasteiger partial charge on any atom is -0.479 e. The third kappa shape index (κ3) is 3.77. The van der Waals surface area contributed by atoms with Gasteiger partial charge in [-0.15, -0.1) is 11.8 Å². The van der Waals surface area contributed by atoms with Crippen molar-refractivity contribution in [2.24, 2.45) is 0 Å². The Balaban J connectivity index is 1.99. The zero-order valence-electron chi connectivity index (χ0n) is 11.9. The number of ether oxygens (including phenoxy) is 1. The van der Waals surface area contributed by atoms with E-state index in [0.29, 0.717) is 5.69 Å². The highest BCUT2D eigenvalue weighted by Gasteiger charge is 2.26. The normalized spacial score (nSPS) is 15.1. The molecule has 8 heteroatoms. The fourth-order valence-corrected chi connectivity index (χ4v) is 2.94. The molecule has 2 rings (SSSR count). The Hall–Kier alpha value is -2.06. The van der Waals surface area contributed by atoms with E-state index >= 15 is 0 Å². The van der Waals surface area contributed by atoms with Crippen LogP contribution in [0.15, 0.2) is 29.2 Å². The molecule has 1 heterocycles. The summed E-state index contributed by atoms with van der Waals surface area (Å²) in [6.45, 7) is -0.296. The van der Waals surface area contributed by atoms with Crippen molar-refractivity contribution in [2.75, 3.05) is 30.9 Å². The lowest BCUT2D eigenvalue weighted by molar-refractivity contribution is -0.148. The number of benzene rings is 1. The second kappa shape index (κ2) is 7.28. The summed E-state index contributed by atoms with van der Waals surface area (Å²) in [7, 11) is 1.26. The van der Waals surface area contributed by atoms with Crippen LogP contribution in [0.2, 0.25) is 0 Å². The number of nitrogens with zero attached hydrogens (tertiary/aromatic N) is 1. The molecule has 1 aliphatic heterocycles. The quantitative estimate of drug-likeness (QED) is 0.783. The molecule has 0 spiro atoms. The highest BCUT2D eigenvalue weighted by atomic mass is 32.2. The van der Waals surface area contributed by atoms with Crippen LogP contribution in [0.4, 0.5) is 5.69 Å². The van der Waals surface area contributed by atoms with Crippen LogP contribution in [0.5, 0.6) is 0 Å². The molecule has 0 aliphatic carbocycles. The van der Waals surface area contributed by atoms with Gasteiger partial charge >= 0.3 is 5.97 Å². The number of anilines is 1. The van der Waals surface area contributed by atoms with E-state index in [9.17, 15) is 14.4 Å². The van der Waals surface area contributed by atoms with E-state index in [1.807, 2.05) is 12.1 Å². The third-order valence-electron chi connectivity index (χ3n) is 3.15. The van der Waals surface area contributed by atoms with Crippen LogP contribution in [0, 0.1) is 0 Å². The molecule has 22 heavy (non-hydrogen) atoms. The topological polar surface area (TPSA) is 95.9 Å². The van der Waals surface area contributed by atoms with Gasteiger partial charge in [0.25, 0.3) is 0 Å². The van der Waals surface area contributed by atoms with Crippen LogP contribution in [-0.4, -0.2) is 54.9 Å². The number of carboxylic acids is 1. The summed E-state index contributed by atoms with van der Waals surface area (Å²) in [5.74, 6) is -1.46. The molecular weight excluding hydrogens is 308 g/mol. The van der Waals surface area contributed by atoms with Gasteiger partial charge in [-0.2, -0.15) is 0 Å². The molecule has 2 amide bonds. The highest BCUT2D eigenvalue weighted by molar-refractivity contribution is 8.00. The average Bonchev–Trinajstić information content (AvgIpc) is 2.50. The Labute approximate surface area is 131 Å². The molecule has 0 bridgehead atoms. The van der Waals surface area contributed by atoms with Gasteiger partial charge in [-0.3, -0.25) is 9.59 Å². The lowest BCUT2D eigenvalue weighted by Gasteiger charge is -2.28. The highest BCUT2D eigenvalue weighted by Crippen LogP contribution is 2.34. The Morgan fingerprint density at radius 2 is 2.18 bits per heavy atom. The van der Waals surface area contributed by atoms with E-state index in [1.54, 1.807) is 12.1 Å². The van der Waals surface area contributed by atoms with Crippen molar-refractivity contribution in [3.05, 3.63) is 24.3 Å². The molecule has 0 saturated carbocycles. The molecule has 1 atom stereocenters. The largest absolute Gasteiger partial charge is 0.479 e. The van der Waals surface area contributed by atoms with Gasteiger partial charge in [-0.25, -0.2) is 4.79 Å². The summed E-state index contributed by atoms with van der Waals surface area (Å²) in [6, 6.07) is 7.34. The maximum Gasteiger partial charge on any atom is 0.334 e. The SMILES string of the molecule is COC(CNC(=O)CN1C(=O)CSc2ccccc21)C(=O)O. The van der Waals surface area contributed by atoms with E-state index in [1.165, 1.54) is 23.8 Å². The number of hydrogen-bond acceptors (Lipinski definition) is 5. The number of methoxy groups -OCH3 is 1. The molecular formula is C14H16N2O5S. The van der Waals surface area contributed by atoms with Gasteiger partial charge in [0.05, 0.1) is 18.0 Å². The lowest BCUT2D eigenvalue weighted by atomic mass is 10.2. The monoisotopic (exact) mass is 324 g/mol. The van der Waals surface area contributed by atoms with E-state index in [2.05, 4.69) is 5.32 Å². The van der Waals surface area contributed by atoms with E-state index in [0.717, 1.165) is 4.90 Å². The lowest BCUT2D eigenvalue weighted by Crippen LogP contribution is -2.46. The molecule has 118 valence electrons. The first-order valence-electron chi connectivity index (χ1n) is 6.57. The number of carboxylic acid groups (broad SMARTS) is 1. The number of fused-ring (bicyclic) bond motifs is 1. The predicted molar refractivity (Wildman–Crippen MR) is 81.0 cm³/mol. The summed E-state index contributed by atoms with van der Waals surface area (Å²) < 4.78 is 4.73. The average molecular weight is 324 g/mol. The van der Waals surface area contributed by atoms with Gasteiger partial charge in [0.15, 0.2) is 6.10 Å². The number of carbonyl (C=O) groups excluding carboxylic acids is 2. The summed E-state index contributed by atoms with van der Waals surface area (Å²) in [5.41, 5.74) is 0.695. The zero-order chi connectivity index (χ0) is 16.1. The van der Waals surface area contributed by atoms with Gasteiger partial charge in [0.2, 0.25) is 11.8 Å². The first kappa shape index (κ1) is 16.3. The minimum atomic E-state index is -1.15. The Bertz CT molecular complexity index is 592. The number of amides is 2. The van der Waals surface area contributed by atoms with Crippen molar-refractivity contribution >= 4 is 35.2 Å². The van der Waals surface area contributed by atoms with Crippen molar-refractivity contribution in [3.8, 4) is 0 Å². The van der Waals surface area contributed by atoms with Crippen LogP contribution in [0.25, 0.3) is 0 Å². The summed E-state index contributed by atoms with van der Waals surface area (Å²) >= 11 is 1.43. The fourth-order valence-electron chi connectivity index (χ4n) is 2.00. The second-order valence-electron chi connectivity index (χ2n) is 4.60. The molecule has 0 saturated heterocycles. The fraction of sp³-hybridized carbons (Fsp3) is 0.357. The number of thioether (sulfide) groups is 1. The van der Waals surface area contributed by atoms with Gasteiger partial charge in [0, 0.05) is 12.0 Å². The minimum absolute atomic E-state index is 0.146. The molecule has 1 aliphatic rings. The van der Waals surface area contributed by atoms with Crippen LogP contribution in [0.3, 0.4) is 0 Å². The van der Waals surface area contributed by atoms with Crippen molar-refractivity contribution in [1.29, 1.82) is 0 Å². The molecule has 0 radical (unpaired) electrons. The summed E-state index contributed by atoms with van der Waals surface area (Å²) in [6.07, 6.45) is -1.11. The van der Waals surface area contributed by atoms with Crippen molar-refractivity contribution < 1.29 is 24.2 Å². The Morgan fingerprint density at radius 3 is 2.86 bits per heavy atom. The van der Waals surface area contributed by atoms with Crippen LogP contribution < -0.4 is 10.2 Å². The van der Waals surface area contributed by atoms with E-state index in [4.69, 9.17) is 9.84 Å². The Kier molecular flexibility index (Phi) is 5.40. The van der Waals surface area contributed by atoms with Gasteiger partial charge in [-0.05, 0) is 12.1 Å². The second-order valence-corrected chi connectivity index (χ2v) is 5.62. The maximum absolute atomic E-state index is 12.0. The molecule has 0 fully saturated rings. The number of aliphatic carboxylic acids is 1. The smallest absolute Gasteiger partial charge is 0.334 e. The number of para-hydroxylation sites is 1. The number of nitrogens with one attached hydrogen (secondary N) is 1. The molecule has 1 unspecified atom stereocenters. The first-order chi connectivity index (χ1) is 10.5. The molecule has 2 N–H and O–H groups in total. The number of carbonyl (C=O) groups is 3. The van der Waals surface area contributed by atoms with Crippen LogP contribution in [-0.2, 0) is 19.1 Å². The van der Waals surface area contributed by atoms with Gasteiger partial charge in [0.1, 0.15) is 6.54 Å². The van der Waals surface area contributed by atoms with Crippen molar-refractivity contribution in [2.45, 2.75) is 11.0 Å². The zero-order valence-corrected chi connectivity index (χ0v) is 12.8. The third-order valence-corrected chi connectivity index (χ3v) is 4.20. The molecule has 1 aromatic carbocycles. The van der Waals surface area contributed by atoms with Gasteiger partial charge in [-0.1, -0.05) is 12.1 Å². The van der Waals surface area contributed by atoms with E-state index < -0.39 is 18.0 Å². The standard InChI is InChI=1S/C14H16N2O5S/c1-21-10(14(19)20)6-15-12(17)7-16-9-4-2-3-5-11(9)22-8-13(16)18/h2-5,10H,6-8H2,1H3,(H,15,17)(H,19,20). The van der Waals surface area contributed by atoms with Crippen molar-refractivity contribution in [1.82, 2.24) is 5.32 Å². The van der Waals surface area contributed by atoms with E-state index in [-0.39, 0.29) is 24.7 Å². The van der Waals surface area contributed by atoms with Crippen LogP contribution >= 0.6 is 11.8 Å². The summed E-state index contributed by atoms with van der Waals surface area (Å²) in [4.78, 5) is 37.1. The molecule has 0 aromatic heterocycles. The summed E-state index contributed by atoms with van der Waals surface area (Å²) in [5, 5.41) is 11.3. The number of rotatable bonds is 6. The maximum atomic E-state index is 12.0. The van der Waals surface area contributed by atoms with Crippen LogP contribution in [0.1, 0.15) is 0 Å². The predicted octanol–water partition coefficient (Wildman–Crippen LogP) is 0.341. The van der Waals surface area contributed by atoms with Gasteiger partial charge < -0.3 is 20.1 Å². The Morgan fingerprint density at radius 1 is 1.45 bits per heavy atom. The molecule has 1 aromatic rings. The molecule has 7 nitrogen and oxygen atoms in total. The number of hydrogen-bond donors (Lipinski definition) is 2. The van der Waals surface area contributed by atoms with Crippen molar-refractivity contribution in [3.63, 3.8) is 0 Å².